The predicted octanol–water partition coefficient (Wildman–Crippen LogP) is 4.94. The molecule has 25 heavy (non-hydrogen) atoms. The quantitative estimate of drug-likeness (QED) is 0.454. The van der Waals surface area contributed by atoms with Crippen molar-refractivity contribution in [1.82, 2.24) is 10.2 Å². The molecule has 0 aliphatic carbocycles. The van der Waals surface area contributed by atoms with Crippen molar-refractivity contribution in [3.05, 3.63) is 45.6 Å². The number of carbonyl (C=O) groups is 1. The number of anilines is 2. The molecular formula is C17H17N3O2S3. The summed E-state index contributed by atoms with van der Waals surface area (Å²) < 4.78 is 5.91. The maximum absolute atomic E-state index is 12.3. The molecule has 0 unspecified atom stereocenters. The number of nitrogens with one attached hydrogen (secondary N) is 1. The van der Waals surface area contributed by atoms with Gasteiger partial charge in [-0.2, -0.15) is 0 Å². The fraction of sp³-hybridized carbons (Fsp3) is 0.235. The molecule has 1 aromatic carbocycles. The summed E-state index contributed by atoms with van der Waals surface area (Å²) in [5.41, 5.74) is 1.73. The highest BCUT2D eigenvalue weighted by Crippen LogP contribution is 2.29. The van der Waals surface area contributed by atoms with Gasteiger partial charge in [-0.3, -0.25) is 4.79 Å². The first-order valence-corrected chi connectivity index (χ1v) is 10.1. The van der Waals surface area contributed by atoms with Gasteiger partial charge in [-0.1, -0.05) is 23.1 Å². The zero-order chi connectivity index (χ0) is 17.8. The van der Waals surface area contributed by atoms with Gasteiger partial charge in [0.2, 0.25) is 5.13 Å². The number of hydrogen-bond acceptors (Lipinski definition) is 8. The van der Waals surface area contributed by atoms with E-state index in [0.717, 1.165) is 31.1 Å². The van der Waals surface area contributed by atoms with Crippen LogP contribution in [0.1, 0.15) is 20.1 Å². The van der Waals surface area contributed by atoms with E-state index in [9.17, 15) is 4.79 Å². The summed E-state index contributed by atoms with van der Waals surface area (Å²) in [4.78, 5) is 14.6. The lowest BCUT2D eigenvalue weighted by molar-refractivity contribution is 0.102. The number of benzene rings is 1. The number of carbonyl (C=O) groups excluding carboxylic acids is 1. The normalized spacial score (nSPS) is 10.7. The average Bonchev–Trinajstić information content (AvgIpc) is 3.19. The zero-order valence-corrected chi connectivity index (χ0v) is 16.5. The van der Waals surface area contributed by atoms with Crippen LogP contribution in [-0.4, -0.2) is 28.8 Å². The minimum absolute atomic E-state index is 0.131. The standard InChI is InChI=1S/C17H17N3O2S3/c1-10-8-14(11(2)24-10)15(21)9-23-17-20-19-16(25-17)18-12-4-6-13(22-3)7-5-12/h4-8H,9H2,1-3H3,(H,18,19). The smallest absolute Gasteiger partial charge is 0.210 e. The maximum Gasteiger partial charge on any atom is 0.210 e. The van der Waals surface area contributed by atoms with Crippen molar-refractivity contribution in [3.8, 4) is 5.75 Å². The van der Waals surface area contributed by atoms with Gasteiger partial charge in [-0.25, -0.2) is 0 Å². The Bertz CT molecular complexity index is 872. The highest BCUT2D eigenvalue weighted by Gasteiger charge is 2.14. The number of aromatic nitrogens is 2. The first-order chi connectivity index (χ1) is 12.0. The Morgan fingerprint density at radius 1 is 1.20 bits per heavy atom. The van der Waals surface area contributed by atoms with Crippen LogP contribution in [0, 0.1) is 13.8 Å². The molecule has 5 nitrogen and oxygen atoms in total. The molecule has 0 aliphatic rings. The summed E-state index contributed by atoms with van der Waals surface area (Å²) in [6.07, 6.45) is 0. The third-order valence-corrected chi connectivity index (χ3v) is 6.35. The minimum atomic E-state index is 0.131. The van der Waals surface area contributed by atoms with Gasteiger partial charge in [0, 0.05) is 21.0 Å². The monoisotopic (exact) mass is 391 g/mol. The lowest BCUT2D eigenvalue weighted by Crippen LogP contribution is -2.02. The van der Waals surface area contributed by atoms with Crippen LogP contribution in [0.5, 0.6) is 5.75 Å². The molecule has 1 N–H and O–H groups in total. The number of ketones is 1. The van der Waals surface area contributed by atoms with Crippen LogP contribution in [0.3, 0.4) is 0 Å². The Balaban J connectivity index is 1.57. The van der Waals surface area contributed by atoms with Crippen molar-refractivity contribution in [2.45, 2.75) is 18.2 Å². The molecule has 3 rings (SSSR count). The second kappa shape index (κ2) is 7.99. The van der Waals surface area contributed by atoms with Crippen molar-refractivity contribution >= 4 is 51.0 Å². The summed E-state index contributed by atoms with van der Waals surface area (Å²) in [5, 5.41) is 12.2. The van der Waals surface area contributed by atoms with Gasteiger partial charge in [0.1, 0.15) is 5.75 Å². The predicted molar refractivity (Wildman–Crippen MR) is 105 cm³/mol. The number of rotatable bonds is 7. The van der Waals surface area contributed by atoms with E-state index in [4.69, 9.17) is 4.74 Å². The molecule has 0 spiro atoms. The van der Waals surface area contributed by atoms with Crippen LogP contribution in [0.2, 0.25) is 0 Å². The Labute approximate surface area is 158 Å². The highest BCUT2D eigenvalue weighted by molar-refractivity contribution is 8.01. The van der Waals surface area contributed by atoms with Crippen LogP contribution < -0.4 is 10.1 Å². The number of ether oxygens (including phenoxy) is 1. The van der Waals surface area contributed by atoms with Gasteiger partial charge >= 0.3 is 0 Å². The first-order valence-electron chi connectivity index (χ1n) is 7.53. The lowest BCUT2D eigenvalue weighted by Gasteiger charge is -2.03. The van der Waals surface area contributed by atoms with Gasteiger partial charge in [0.15, 0.2) is 10.1 Å². The van der Waals surface area contributed by atoms with E-state index in [1.165, 1.54) is 23.1 Å². The van der Waals surface area contributed by atoms with Gasteiger partial charge in [-0.15, -0.1) is 21.5 Å². The van der Waals surface area contributed by atoms with Gasteiger partial charge in [-0.05, 0) is 44.2 Å². The highest BCUT2D eigenvalue weighted by atomic mass is 32.2. The van der Waals surface area contributed by atoms with Gasteiger partial charge in [0.25, 0.3) is 0 Å². The molecule has 130 valence electrons. The lowest BCUT2D eigenvalue weighted by atomic mass is 10.2. The van der Waals surface area contributed by atoms with E-state index in [1.54, 1.807) is 18.4 Å². The first kappa shape index (κ1) is 17.9. The van der Waals surface area contributed by atoms with E-state index >= 15 is 0 Å². The molecule has 2 aromatic heterocycles. The van der Waals surface area contributed by atoms with Crippen molar-refractivity contribution in [1.29, 1.82) is 0 Å². The fourth-order valence-corrected chi connectivity index (χ4v) is 4.83. The second-order valence-corrected chi connectivity index (χ2v) is 8.93. The molecule has 0 saturated carbocycles. The Kier molecular flexibility index (Phi) is 5.72. The molecule has 0 saturated heterocycles. The molecule has 0 atom stereocenters. The fourth-order valence-electron chi connectivity index (χ4n) is 2.23. The maximum atomic E-state index is 12.3. The van der Waals surface area contributed by atoms with E-state index in [-0.39, 0.29) is 5.78 Å². The number of nitrogens with zero attached hydrogens (tertiary/aromatic N) is 2. The Morgan fingerprint density at radius 3 is 2.60 bits per heavy atom. The molecule has 8 heteroatoms. The Morgan fingerprint density at radius 2 is 1.96 bits per heavy atom. The Hall–Kier alpha value is -1.90. The molecule has 0 fully saturated rings. The van der Waals surface area contributed by atoms with E-state index in [0.29, 0.717) is 10.9 Å². The number of Topliss-reactive ketones (excluding diaryl/α,β-unsaturated/α-hetero) is 1. The van der Waals surface area contributed by atoms with Crippen LogP contribution in [0.25, 0.3) is 0 Å². The summed E-state index contributed by atoms with van der Waals surface area (Å²) in [5.74, 6) is 1.30. The molecule has 2 heterocycles. The molecule has 0 radical (unpaired) electrons. The summed E-state index contributed by atoms with van der Waals surface area (Å²) >= 11 is 4.50. The van der Waals surface area contributed by atoms with Crippen molar-refractivity contribution in [2.24, 2.45) is 0 Å². The topological polar surface area (TPSA) is 64.1 Å². The second-order valence-electron chi connectivity index (χ2n) is 5.27. The van der Waals surface area contributed by atoms with E-state index in [1.807, 2.05) is 44.2 Å². The molecular weight excluding hydrogens is 374 g/mol. The number of thiophene rings is 1. The van der Waals surface area contributed by atoms with E-state index in [2.05, 4.69) is 15.5 Å². The third-order valence-electron chi connectivity index (χ3n) is 3.42. The molecule has 0 bridgehead atoms. The van der Waals surface area contributed by atoms with Crippen molar-refractivity contribution < 1.29 is 9.53 Å². The third kappa shape index (κ3) is 4.59. The summed E-state index contributed by atoms with van der Waals surface area (Å²) in [6, 6.07) is 9.54. The number of methoxy groups -OCH3 is 1. The van der Waals surface area contributed by atoms with Crippen molar-refractivity contribution in [2.75, 3.05) is 18.2 Å². The van der Waals surface area contributed by atoms with Crippen molar-refractivity contribution in [3.63, 3.8) is 0 Å². The SMILES string of the molecule is COc1ccc(Nc2nnc(SCC(=O)c3cc(C)sc3C)s2)cc1. The number of aryl methyl sites for hydroxylation is 2. The number of hydrogen-bond donors (Lipinski definition) is 1. The van der Waals surface area contributed by atoms with Crippen LogP contribution in [0.15, 0.2) is 34.7 Å². The van der Waals surface area contributed by atoms with Crippen LogP contribution in [-0.2, 0) is 0 Å². The molecule has 3 aromatic rings. The van der Waals surface area contributed by atoms with Crippen LogP contribution >= 0.6 is 34.4 Å². The largest absolute Gasteiger partial charge is 0.497 e. The molecule has 0 aliphatic heterocycles. The average molecular weight is 392 g/mol. The van der Waals surface area contributed by atoms with Gasteiger partial charge in [0.05, 0.1) is 12.9 Å². The summed E-state index contributed by atoms with van der Waals surface area (Å²) in [7, 11) is 1.64. The van der Waals surface area contributed by atoms with E-state index < -0.39 is 0 Å². The zero-order valence-electron chi connectivity index (χ0n) is 14.0. The molecule has 0 amide bonds. The summed E-state index contributed by atoms with van der Waals surface area (Å²) in [6.45, 7) is 4.00. The van der Waals surface area contributed by atoms with Gasteiger partial charge < -0.3 is 10.1 Å². The number of thioether (sulfide) groups is 1. The minimum Gasteiger partial charge on any atom is -0.497 e. The van der Waals surface area contributed by atoms with Crippen LogP contribution in [0.4, 0.5) is 10.8 Å².